The number of benzene rings is 2. The summed E-state index contributed by atoms with van der Waals surface area (Å²) in [6, 6.07) is 13.9. The smallest absolute Gasteiger partial charge is 0.171 e. The summed E-state index contributed by atoms with van der Waals surface area (Å²) in [6.07, 6.45) is 0.406. The Balaban J connectivity index is 1.93. The summed E-state index contributed by atoms with van der Waals surface area (Å²) >= 11 is 1.68. The standard InChI is InChI=1S/C18H16O2S/c1-12-7-8-15(17(9-12)20-2)16(19)10-13-11-21-18-6-4-3-5-14(13)18/h3-9,11H,10H2,1-2H3. The van der Waals surface area contributed by atoms with Crippen molar-refractivity contribution in [2.75, 3.05) is 7.11 Å². The molecule has 0 atom stereocenters. The van der Waals surface area contributed by atoms with E-state index in [1.54, 1.807) is 18.4 Å². The molecule has 0 radical (unpaired) electrons. The lowest BCUT2D eigenvalue weighted by atomic mass is 10.0. The molecule has 0 saturated carbocycles. The van der Waals surface area contributed by atoms with Gasteiger partial charge in [-0.1, -0.05) is 24.3 Å². The predicted octanol–water partition coefficient (Wildman–Crippen LogP) is 4.64. The molecule has 0 bridgehead atoms. The van der Waals surface area contributed by atoms with Crippen LogP contribution in [0.2, 0.25) is 0 Å². The van der Waals surface area contributed by atoms with Crippen molar-refractivity contribution in [3.8, 4) is 5.75 Å². The van der Waals surface area contributed by atoms with Crippen molar-refractivity contribution in [1.29, 1.82) is 0 Å². The van der Waals surface area contributed by atoms with Crippen LogP contribution in [0.3, 0.4) is 0 Å². The number of ether oxygens (including phenoxy) is 1. The number of rotatable bonds is 4. The van der Waals surface area contributed by atoms with E-state index in [9.17, 15) is 4.79 Å². The van der Waals surface area contributed by atoms with Crippen LogP contribution in [0.25, 0.3) is 10.1 Å². The minimum atomic E-state index is 0.0930. The van der Waals surface area contributed by atoms with Crippen molar-refractivity contribution < 1.29 is 9.53 Å². The second-order valence-electron chi connectivity index (χ2n) is 5.06. The molecule has 21 heavy (non-hydrogen) atoms. The maximum Gasteiger partial charge on any atom is 0.171 e. The van der Waals surface area contributed by atoms with E-state index in [-0.39, 0.29) is 5.78 Å². The summed E-state index contributed by atoms with van der Waals surface area (Å²) in [5.41, 5.74) is 2.82. The molecule has 1 aromatic heterocycles. The van der Waals surface area contributed by atoms with Crippen molar-refractivity contribution in [3.05, 3.63) is 64.5 Å². The molecule has 0 fully saturated rings. The molecule has 3 rings (SSSR count). The van der Waals surface area contributed by atoms with E-state index in [0.717, 1.165) is 11.1 Å². The Kier molecular flexibility index (Phi) is 3.76. The van der Waals surface area contributed by atoms with Gasteiger partial charge in [0, 0.05) is 11.1 Å². The Hall–Kier alpha value is -2.13. The van der Waals surface area contributed by atoms with Gasteiger partial charge >= 0.3 is 0 Å². The second kappa shape index (κ2) is 5.70. The molecule has 106 valence electrons. The van der Waals surface area contributed by atoms with Crippen molar-refractivity contribution in [2.24, 2.45) is 0 Å². The molecule has 1 heterocycles. The number of hydrogen-bond donors (Lipinski definition) is 0. The molecule has 0 aliphatic heterocycles. The predicted molar refractivity (Wildman–Crippen MR) is 87.6 cm³/mol. The van der Waals surface area contributed by atoms with Gasteiger partial charge in [-0.2, -0.15) is 0 Å². The Labute approximate surface area is 128 Å². The van der Waals surface area contributed by atoms with E-state index in [0.29, 0.717) is 17.7 Å². The van der Waals surface area contributed by atoms with Crippen molar-refractivity contribution in [3.63, 3.8) is 0 Å². The van der Waals surface area contributed by atoms with Crippen LogP contribution in [0.1, 0.15) is 21.5 Å². The molecule has 0 unspecified atom stereocenters. The Morgan fingerprint density at radius 3 is 2.81 bits per heavy atom. The highest BCUT2D eigenvalue weighted by Gasteiger charge is 2.15. The molecule has 0 aliphatic carbocycles. The molecular formula is C18H16O2S. The van der Waals surface area contributed by atoms with Crippen LogP contribution in [0.4, 0.5) is 0 Å². The highest BCUT2D eigenvalue weighted by molar-refractivity contribution is 7.17. The summed E-state index contributed by atoms with van der Waals surface area (Å²) in [5.74, 6) is 0.745. The number of ketones is 1. The third kappa shape index (κ3) is 2.69. The molecule has 0 aliphatic rings. The number of Topliss-reactive ketones (excluding diaryl/α,β-unsaturated/α-hetero) is 1. The summed E-state index contributed by atoms with van der Waals surface area (Å²) in [6.45, 7) is 1.99. The Morgan fingerprint density at radius 2 is 2.00 bits per heavy atom. The first-order chi connectivity index (χ1) is 10.2. The van der Waals surface area contributed by atoms with Gasteiger partial charge in [0.1, 0.15) is 5.75 Å². The van der Waals surface area contributed by atoms with Crippen LogP contribution in [-0.2, 0) is 6.42 Å². The van der Waals surface area contributed by atoms with Gasteiger partial charge in [-0.05, 0) is 47.0 Å². The first-order valence-electron chi connectivity index (χ1n) is 6.82. The number of thiophene rings is 1. The Morgan fingerprint density at radius 1 is 1.19 bits per heavy atom. The number of hydrogen-bond acceptors (Lipinski definition) is 3. The van der Waals surface area contributed by atoms with Crippen LogP contribution >= 0.6 is 11.3 Å². The second-order valence-corrected chi connectivity index (χ2v) is 5.97. The third-order valence-corrected chi connectivity index (χ3v) is 4.58. The van der Waals surface area contributed by atoms with E-state index in [1.807, 2.05) is 37.3 Å². The van der Waals surface area contributed by atoms with E-state index in [4.69, 9.17) is 4.74 Å². The summed E-state index contributed by atoms with van der Waals surface area (Å²) in [5, 5.41) is 3.24. The fourth-order valence-electron chi connectivity index (χ4n) is 2.47. The van der Waals surface area contributed by atoms with Gasteiger partial charge in [0.2, 0.25) is 0 Å². The van der Waals surface area contributed by atoms with E-state index >= 15 is 0 Å². The van der Waals surface area contributed by atoms with Gasteiger partial charge < -0.3 is 4.74 Å². The van der Waals surface area contributed by atoms with Crippen LogP contribution in [-0.4, -0.2) is 12.9 Å². The van der Waals surface area contributed by atoms with Gasteiger partial charge in [-0.3, -0.25) is 4.79 Å². The van der Waals surface area contributed by atoms with Crippen LogP contribution < -0.4 is 4.74 Å². The highest BCUT2D eigenvalue weighted by Crippen LogP contribution is 2.28. The lowest BCUT2D eigenvalue weighted by Crippen LogP contribution is -2.05. The third-order valence-electron chi connectivity index (χ3n) is 3.57. The number of methoxy groups -OCH3 is 1. The molecule has 2 nitrogen and oxygen atoms in total. The zero-order chi connectivity index (χ0) is 14.8. The maximum atomic E-state index is 12.6. The lowest BCUT2D eigenvalue weighted by molar-refractivity contribution is 0.0990. The zero-order valence-corrected chi connectivity index (χ0v) is 12.9. The van der Waals surface area contributed by atoms with Gasteiger partial charge in [0.25, 0.3) is 0 Å². The van der Waals surface area contributed by atoms with Gasteiger partial charge in [0.05, 0.1) is 12.7 Å². The SMILES string of the molecule is COc1cc(C)ccc1C(=O)Cc1csc2ccccc12. The minimum Gasteiger partial charge on any atom is -0.496 e. The average Bonchev–Trinajstić information content (AvgIpc) is 2.90. The van der Waals surface area contributed by atoms with Gasteiger partial charge in [-0.15, -0.1) is 11.3 Å². The first-order valence-corrected chi connectivity index (χ1v) is 7.70. The number of carbonyl (C=O) groups excluding carboxylic acids is 1. The molecule has 0 spiro atoms. The van der Waals surface area contributed by atoms with E-state index < -0.39 is 0 Å². The first kappa shape index (κ1) is 13.8. The summed E-state index contributed by atoms with van der Waals surface area (Å²) < 4.78 is 6.55. The fraction of sp³-hybridized carbons (Fsp3) is 0.167. The number of carbonyl (C=O) groups is 1. The molecule has 3 heteroatoms. The molecule has 0 N–H and O–H groups in total. The summed E-state index contributed by atoms with van der Waals surface area (Å²) in [7, 11) is 1.60. The molecule has 3 aromatic rings. The van der Waals surface area contributed by atoms with E-state index in [2.05, 4.69) is 17.5 Å². The normalized spacial score (nSPS) is 10.8. The van der Waals surface area contributed by atoms with Crippen molar-refractivity contribution in [2.45, 2.75) is 13.3 Å². The molecular weight excluding hydrogens is 280 g/mol. The Bertz CT molecular complexity index is 802. The average molecular weight is 296 g/mol. The van der Waals surface area contributed by atoms with Crippen LogP contribution in [0, 0.1) is 6.92 Å². The molecule has 0 amide bonds. The minimum absolute atomic E-state index is 0.0930. The monoisotopic (exact) mass is 296 g/mol. The maximum absolute atomic E-state index is 12.6. The molecule has 0 saturated heterocycles. The van der Waals surface area contributed by atoms with Gasteiger partial charge in [-0.25, -0.2) is 0 Å². The quantitative estimate of drug-likeness (QED) is 0.655. The lowest BCUT2D eigenvalue weighted by Gasteiger charge is -2.08. The van der Waals surface area contributed by atoms with Crippen molar-refractivity contribution >= 4 is 27.2 Å². The number of aryl methyl sites for hydroxylation is 1. The van der Waals surface area contributed by atoms with Crippen LogP contribution in [0.15, 0.2) is 47.8 Å². The van der Waals surface area contributed by atoms with Gasteiger partial charge in [0.15, 0.2) is 5.78 Å². The fourth-order valence-corrected chi connectivity index (χ4v) is 3.43. The number of fused-ring (bicyclic) bond motifs is 1. The molecule has 2 aromatic carbocycles. The topological polar surface area (TPSA) is 26.3 Å². The van der Waals surface area contributed by atoms with E-state index in [1.165, 1.54) is 10.1 Å². The van der Waals surface area contributed by atoms with Crippen LogP contribution in [0.5, 0.6) is 5.75 Å². The zero-order valence-electron chi connectivity index (χ0n) is 12.1. The van der Waals surface area contributed by atoms with Crippen molar-refractivity contribution in [1.82, 2.24) is 0 Å². The highest BCUT2D eigenvalue weighted by atomic mass is 32.1. The summed E-state index contributed by atoms with van der Waals surface area (Å²) in [4.78, 5) is 12.6. The largest absolute Gasteiger partial charge is 0.496 e.